The van der Waals surface area contributed by atoms with Crippen molar-refractivity contribution in [3.8, 4) is 11.3 Å². The number of hydrogen-bond donors (Lipinski definition) is 2. The summed E-state index contributed by atoms with van der Waals surface area (Å²) in [6.45, 7) is 3.48. The maximum absolute atomic E-state index is 11.0. The van der Waals surface area contributed by atoms with Crippen LogP contribution in [0.3, 0.4) is 0 Å². The van der Waals surface area contributed by atoms with Crippen LogP contribution in [-0.2, 0) is 4.79 Å². The third-order valence-electron chi connectivity index (χ3n) is 2.33. The standard InChI is InChI=1S/C12H12IN3O/c1-7-11(13)12(16-15-7)9-4-3-5-10(6-9)14-8(2)17/h3-6H,1-2H3,(H,14,17)(H,15,16). The number of hydrogen-bond acceptors (Lipinski definition) is 2. The SMILES string of the molecule is CC(=O)Nc1cccc(-c2n[nH]c(C)c2I)c1. The summed E-state index contributed by atoms with van der Waals surface area (Å²) < 4.78 is 1.10. The Morgan fingerprint density at radius 3 is 2.82 bits per heavy atom. The zero-order valence-electron chi connectivity index (χ0n) is 9.54. The Kier molecular flexibility index (Phi) is 3.46. The van der Waals surface area contributed by atoms with Crippen LogP contribution in [0.15, 0.2) is 24.3 Å². The molecule has 4 nitrogen and oxygen atoms in total. The molecule has 1 aromatic heterocycles. The predicted octanol–water partition coefficient (Wildman–Crippen LogP) is 2.95. The number of aryl methyl sites for hydroxylation is 1. The summed E-state index contributed by atoms with van der Waals surface area (Å²) in [5.41, 5.74) is 3.73. The van der Waals surface area contributed by atoms with Crippen molar-refractivity contribution in [1.82, 2.24) is 10.2 Å². The molecule has 0 aliphatic heterocycles. The highest BCUT2D eigenvalue weighted by Gasteiger charge is 2.09. The molecule has 0 fully saturated rings. The number of carbonyl (C=O) groups excluding carboxylic acids is 1. The molecule has 1 aromatic carbocycles. The van der Waals surface area contributed by atoms with E-state index in [0.29, 0.717) is 0 Å². The van der Waals surface area contributed by atoms with Crippen LogP contribution >= 0.6 is 22.6 Å². The van der Waals surface area contributed by atoms with E-state index in [1.54, 1.807) is 0 Å². The predicted molar refractivity (Wildman–Crippen MR) is 75.8 cm³/mol. The molecular weight excluding hydrogens is 329 g/mol. The first-order valence-corrected chi connectivity index (χ1v) is 6.24. The van der Waals surface area contributed by atoms with Crippen LogP contribution in [0.5, 0.6) is 0 Å². The molecule has 0 atom stereocenters. The van der Waals surface area contributed by atoms with Gasteiger partial charge in [0.1, 0.15) is 5.69 Å². The Balaban J connectivity index is 2.39. The van der Waals surface area contributed by atoms with Gasteiger partial charge in [-0.05, 0) is 41.6 Å². The van der Waals surface area contributed by atoms with Crippen molar-refractivity contribution < 1.29 is 4.79 Å². The first-order chi connectivity index (χ1) is 8.08. The van der Waals surface area contributed by atoms with Crippen molar-refractivity contribution in [1.29, 1.82) is 0 Å². The fraction of sp³-hybridized carbons (Fsp3) is 0.167. The minimum Gasteiger partial charge on any atom is -0.326 e. The van der Waals surface area contributed by atoms with E-state index in [9.17, 15) is 4.79 Å². The number of rotatable bonds is 2. The van der Waals surface area contributed by atoms with Crippen molar-refractivity contribution in [2.45, 2.75) is 13.8 Å². The Morgan fingerprint density at radius 1 is 1.47 bits per heavy atom. The van der Waals surface area contributed by atoms with E-state index in [1.165, 1.54) is 6.92 Å². The number of anilines is 1. The van der Waals surface area contributed by atoms with Crippen LogP contribution < -0.4 is 5.32 Å². The van der Waals surface area contributed by atoms with Crippen LogP contribution in [0.2, 0.25) is 0 Å². The Labute approximate surface area is 113 Å². The van der Waals surface area contributed by atoms with Crippen LogP contribution in [-0.4, -0.2) is 16.1 Å². The molecule has 1 amide bonds. The van der Waals surface area contributed by atoms with E-state index in [4.69, 9.17) is 0 Å². The molecular formula is C12H12IN3O. The van der Waals surface area contributed by atoms with Crippen LogP contribution in [0.4, 0.5) is 5.69 Å². The molecule has 88 valence electrons. The Bertz CT molecular complexity index is 563. The van der Waals surface area contributed by atoms with E-state index in [2.05, 4.69) is 38.1 Å². The molecule has 0 spiro atoms. The largest absolute Gasteiger partial charge is 0.326 e. The smallest absolute Gasteiger partial charge is 0.221 e. The second-order valence-corrected chi connectivity index (χ2v) is 4.85. The molecule has 0 bridgehead atoms. The molecule has 2 aromatic rings. The number of nitrogens with zero attached hydrogens (tertiary/aromatic N) is 1. The number of nitrogens with one attached hydrogen (secondary N) is 2. The summed E-state index contributed by atoms with van der Waals surface area (Å²) in [7, 11) is 0. The number of H-pyrrole nitrogens is 1. The van der Waals surface area contributed by atoms with E-state index in [0.717, 1.165) is 26.2 Å². The fourth-order valence-corrected chi connectivity index (χ4v) is 2.11. The van der Waals surface area contributed by atoms with Crippen LogP contribution in [0.25, 0.3) is 11.3 Å². The Morgan fingerprint density at radius 2 is 2.24 bits per heavy atom. The summed E-state index contributed by atoms with van der Waals surface area (Å²) in [6, 6.07) is 7.65. The van der Waals surface area contributed by atoms with Gasteiger partial charge in [-0.3, -0.25) is 9.89 Å². The summed E-state index contributed by atoms with van der Waals surface area (Å²) in [6.07, 6.45) is 0. The number of aromatic nitrogens is 2. The van der Waals surface area contributed by atoms with Crippen molar-refractivity contribution in [2.24, 2.45) is 0 Å². The highest BCUT2D eigenvalue weighted by atomic mass is 127. The van der Waals surface area contributed by atoms with Crippen LogP contribution in [0.1, 0.15) is 12.6 Å². The summed E-state index contributed by atoms with van der Waals surface area (Å²) in [5, 5.41) is 9.97. The monoisotopic (exact) mass is 341 g/mol. The maximum Gasteiger partial charge on any atom is 0.221 e. The molecule has 2 rings (SSSR count). The van der Waals surface area contributed by atoms with Gasteiger partial charge in [0.2, 0.25) is 5.91 Å². The van der Waals surface area contributed by atoms with Gasteiger partial charge in [0, 0.05) is 23.9 Å². The molecule has 0 aliphatic rings. The van der Waals surface area contributed by atoms with Gasteiger partial charge in [-0.2, -0.15) is 5.10 Å². The molecule has 1 heterocycles. The van der Waals surface area contributed by atoms with Gasteiger partial charge in [-0.15, -0.1) is 0 Å². The first-order valence-electron chi connectivity index (χ1n) is 5.16. The minimum absolute atomic E-state index is 0.0740. The number of aromatic amines is 1. The lowest BCUT2D eigenvalue weighted by atomic mass is 10.1. The lowest BCUT2D eigenvalue weighted by molar-refractivity contribution is -0.114. The van der Waals surface area contributed by atoms with Crippen LogP contribution in [0, 0.1) is 10.5 Å². The van der Waals surface area contributed by atoms with E-state index in [-0.39, 0.29) is 5.91 Å². The van der Waals surface area contributed by atoms with Gasteiger partial charge in [0.05, 0.1) is 3.57 Å². The summed E-state index contributed by atoms with van der Waals surface area (Å²) in [5.74, 6) is -0.0740. The van der Waals surface area contributed by atoms with Gasteiger partial charge in [-0.1, -0.05) is 12.1 Å². The number of halogens is 1. The van der Waals surface area contributed by atoms with E-state index < -0.39 is 0 Å². The van der Waals surface area contributed by atoms with E-state index >= 15 is 0 Å². The quantitative estimate of drug-likeness (QED) is 0.826. The second kappa shape index (κ2) is 4.87. The Hall–Kier alpha value is -1.37. The number of carbonyl (C=O) groups is 1. The highest BCUT2D eigenvalue weighted by molar-refractivity contribution is 14.1. The molecule has 17 heavy (non-hydrogen) atoms. The zero-order chi connectivity index (χ0) is 12.4. The van der Waals surface area contributed by atoms with Crippen molar-refractivity contribution in [2.75, 3.05) is 5.32 Å². The van der Waals surface area contributed by atoms with E-state index in [1.807, 2.05) is 31.2 Å². The third kappa shape index (κ3) is 2.66. The van der Waals surface area contributed by atoms with Gasteiger partial charge in [-0.25, -0.2) is 0 Å². The van der Waals surface area contributed by atoms with Crippen molar-refractivity contribution >= 4 is 34.2 Å². The topological polar surface area (TPSA) is 57.8 Å². The molecule has 5 heteroatoms. The highest BCUT2D eigenvalue weighted by Crippen LogP contribution is 2.26. The lowest BCUT2D eigenvalue weighted by Gasteiger charge is -2.04. The van der Waals surface area contributed by atoms with Crippen molar-refractivity contribution in [3.63, 3.8) is 0 Å². The number of benzene rings is 1. The van der Waals surface area contributed by atoms with Gasteiger partial charge in [0.25, 0.3) is 0 Å². The summed E-state index contributed by atoms with van der Waals surface area (Å²) >= 11 is 2.26. The lowest BCUT2D eigenvalue weighted by Crippen LogP contribution is -2.05. The normalized spacial score (nSPS) is 10.3. The third-order valence-corrected chi connectivity index (χ3v) is 3.65. The molecule has 0 aliphatic carbocycles. The molecule has 0 unspecified atom stereocenters. The van der Waals surface area contributed by atoms with Crippen molar-refractivity contribution in [3.05, 3.63) is 33.5 Å². The second-order valence-electron chi connectivity index (χ2n) is 3.77. The van der Waals surface area contributed by atoms with Gasteiger partial charge in [0.15, 0.2) is 0 Å². The molecule has 0 radical (unpaired) electrons. The number of amides is 1. The fourth-order valence-electron chi connectivity index (χ4n) is 1.55. The molecule has 0 saturated heterocycles. The summed E-state index contributed by atoms with van der Waals surface area (Å²) in [4.78, 5) is 11.0. The van der Waals surface area contributed by atoms with Gasteiger partial charge < -0.3 is 5.32 Å². The maximum atomic E-state index is 11.0. The average molecular weight is 341 g/mol. The van der Waals surface area contributed by atoms with Gasteiger partial charge >= 0.3 is 0 Å². The molecule has 0 saturated carbocycles. The zero-order valence-corrected chi connectivity index (χ0v) is 11.7. The first kappa shape index (κ1) is 12.1. The minimum atomic E-state index is -0.0740. The molecule has 2 N–H and O–H groups in total. The average Bonchev–Trinajstić information content (AvgIpc) is 2.59.